The van der Waals surface area contributed by atoms with Gasteiger partial charge in [0.1, 0.15) is 38.8 Å². The van der Waals surface area contributed by atoms with Gasteiger partial charge in [0.15, 0.2) is 23.0 Å². The van der Waals surface area contributed by atoms with Crippen LogP contribution in [0.25, 0.3) is 0 Å². The molecule has 4 aliphatic heterocycles. The summed E-state index contributed by atoms with van der Waals surface area (Å²) < 4.78 is 37.1. The summed E-state index contributed by atoms with van der Waals surface area (Å²) >= 11 is 0. The van der Waals surface area contributed by atoms with Gasteiger partial charge in [0, 0.05) is 73.1 Å². The number of nitrogens with two attached hydrogens (primary N) is 1. The summed E-state index contributed by atoms with van der Waals surface area (Å²) in [5.41, 5.74) is 13.9. The highest BCUT2D eigenvalue weighted by molar-refractivity contribution is 6.76. The van der Waals surface area contributed by atoms with Crippen LogP contribution >= 0.6 is 0 Å². The van der Waals surface area contributed by atoms with Crippen molar-refractivity contribution < 1.29 is 47.6 Å². The lowest BCUT2D eigenvalue weighted by Gasteiger charge is -2.35. The Morgan fingerprint density at radius 2 is 0.932 bits per heavy atom. The zero-order valence-electron chi connectivity index (χ0n) is 43.2. The van der Waals surface area contributed by atoms with E-state index in [1.807, 2.05) is 54.6 Å². The molecule has 73 heavy (non-hydrogen) atoms. The molecule has 0 bridgehead atoms. The summed E-state index contributed by atoms with van der Waals surface area (Å²) in [6.07, 6.45) is 0.781. The average Bonchev–Trinajstić information content (AvgIpc) is 3.49. The van der Waals surface area contributed by atoms with Crippen molar-refractivity contribution in [1.82, 2.24) is 9.80 Å². The maximum Gasteiger partial charge on any atom is 0.257 e. The molecule has 0 spiro atoms. The molecule has 0 fully saturated rings. The van der Waals surface area contributed by atoms with E-state index in [4.69, 9.17) is 34.2 Å². The van der Waals surface area contributed by atoms with Crippen LogP contribution in [0, 0.1) is 0 Å². The molecule has 15 nitrogen and oxygen atoms in total. The van der Waals surface area contributed by atoms with Crippen LogP contribution in [-0.2, 0) is 58.2 Å². The Morgan fingerprint density at radius 1 is 0.534 bits per heavy atom. The molecule has 4 amide bonds. The highest BCUT2D eigenvalue weighted by Crippen LogP contribution is 2.43. The zero-order valence-corrected chi connectivity index (χ0v) is 45.2. The first-order valence-electron chi connectivity index (χ1n) is 25.0. The number of hydrogen-bond donors (Lipinski definition) is 1. The normalized spacial score (nSPS) is 17.4. The van der Waals surface area contributed by atoms with Gasteiger partial charge in [-0.1, -0.05) is 87.8 Å². The molecular weight excluding hydrogens is 959 g/mol. The quantitative estimate of drug-likeness (QED) is 0.0507. The van der Waals surface area contributed by atoms with E-state index in [2.05, 4.69) is 39.3 Å². The maximum atomic E-state index is 14.6. The summed E-state index contributed by atoms with van der Waals surface area (Å²) in [6.45, 7) is 15.3. The van der Waals surface area contributed by atoms with E-state index in [1.54, 1.807) is 56.0 Å². The molecule has 0 radical (unpaired) electrons. The lowest BCUT2D eigenvalue weighted by molar-refractivity contribution is -0.125. The Bertz CT molecular complexity index is 2740. The van der Waals surface area contributed by atoms with Gasteiger partial charge in [-0.2, -0.15) is 0 Å². The fourth-order valence-corrected chi connectivity index (χ4v) is 11.4. The van der Waals surface area contributed by atoms with Gasteiger partial charge in [-0.15, -0.1) is 0 Å². The Hall–Kier alpha value is -6.67. The fourth-order valence-electron chi connectivity index (χ4n) is 9.87. The number of methoxy groups -OCH3 is 2. The molecule has 384 valence electrons. The first-order valence-corrected chi connectivity index (χ1v) is 32.4. The maximum absolute atomic E-state index is 14.6. The molecule has 5 aromatic rings. The van der Waals surface area contributed by atoms with Gasteiger partial charge in [-0.25, -0.2) is 0 Å². The van der Waals surface area contributed by atoms with Crippen molar-refractivity contribution >= 4 is 56.8 Å². The number of anilines is 3. The first kappa shape index (κ1) is 51.2. The standard InChI is InChI=1S/C56H67N5O10Si2/c1-66-49-26-43-45(60(34-68-17-19-72(3,4)5)55(64)47-24-38-13-9-11-15-40(38)30-58(47)53(43)62)28-51(49)70-32-36-21-37(23-42(57)22-36)33-71-52-29-46-44(27-50(52)67-2)54(63)59-31-41-16-12-10-14-39(41)25-48(59)56(65)61(46)35-69-18-20-73(6,7)8/h9-16,21-23,26-29,47-48H,17-20,24-25,30-35,57H2,1-8H3/t47-,48?/m0/s1. The molecule has 5 aromatic carbocycles. The summed E-state index contributed by atoms with van der Waals surface area (Å²) in [5, 5.41) is 0. The number of hydrogen-bond acceptors (Lipinski definition) is 11. The van der Waals surface area contributed by atoms with Crippen molar-refractivity contribution in [3.8, 4) is 23.0 Å². The van der Waals surface area contributed by atoms with E-state index in [1.165, 1.54) is 14.2 Å². The van der Waals surface area contributed by atoms with Gasteiger partial charge in [0.25, 0.3) is 23.6 Å². The number of benzene rings is 5. The molecule has 9 rings (SSSR count). The second kappa shape index (κ2) is 21.1. The van der Waals surface area contributed by atoms with Crippen LogP contribution in [0.4, 0.5) is 17.1 Å². The molecule has 0 aliphatic carbocycles. The molecule has 0 aromatic heterocycles. The molecule has 4 aliphatic rings. The third-order valence-electron chi connectivity index (χ3n) is 14.0. The molecule has 0 saturated carbocycles. The Kier molecular flexibility index (Phi) is 14.8. The predicted octanol–water partition coefficient (Wildman–Crippen LogP) is 8.90. The highest BCUT2D eigenvalue weighted by Gasteiger charge is 2.45. The number of ether oxygens (including phenoxy) is 6. The van der Waals surface area contributed by atoms with Gasteiger partial charge >= 0.3 is 0 Å². The van der Waals surface area contributed by atoms with Crippen LogP contribution in [0.5, 0.6) is 23.0 Å². The first-order chi connectivity index (χ1) is 34.9. The number of nitrogens with zero attached hydrogens (tertiary/aromatic N) is 4. The summed E-state index contributed by atoms with van der Waals surface area (Å²) in [5.74, 6) is 0.295. The number of rotatable bonds is 18. The molecular formula is C56H67N5O10Si2. The number of nitrogen functional groups attached to an aromatic ring is 1. The van der Waals surface area contributed by atoms with Crippen LogP contribution in [0.15, 0.2) is 91.0 Å². The van der Waals surface area contributed by atoms with Crippen molar-refractivity contribution in [2.75, 3.05) is 56.4 Å². The molecule has 2 atom stereocenters. The van der Waals surface area contributed by atoms with Crippen molar-refractivity contribution in [1.29, 1.82) is 0 Å². The zero-order chi connectivity index (χ0) is 51.8. The van der Waals surface area contributed by atoms with E-state index in [-0.39, 0.29) is 50.3 Å². The largest absolute Gasteiger partial charge is 0.493 e. The topological polar surface area (TPSA) is 163 Å². The molecule has 0 saturated heterocycles. The van der Waals surface area contributed by atoms with Crippen LogP contribution in [-0.4, -0.2) is 103 Å². The summed E-state index contributed by atoms with van der Waals surface area (Å²) in [6, 6.07) is 28.4. The van der Waals surface area contributed by atoms with E-state index >= 15 is 0 Å². The minimum Gasteiger partial charge on any atom is -0.493 e. The number of carbonyl (C=O) groups excluding carboxylic acids is 4. The van der Waals surface area contributed by atoms with Crippen molar-refractivity contribution in [2.24, 2.45) is 0 Å². The van der Waals surface area contributed by atoms with Crippen LogP contribution in [0.1, 0.15) is 54.1 Å². The second-order valence-corrected chi connectivity index (χ2v) is 33.0. The van der Waals surface area contributed by atoms with E-state index < -0.39 is 28.2 Å². The van der Waals surface area contributed by atoms with Gasteiger partial charge < -0.3 is 44.0 Å². The highest BCUT2D eigenvalue weighted by atomic mass is 28.3. The van der Waals surface area contributed by atoms with Gasteiger partial charge in [-0.3, -0.25) is 29.0 Å². The van der Waals surface area contributed by atoms with Gasteiger partial charge in [0.2, 0.25) is 0 Å². The summed E-state index contributed by atoms with van der Waals surface area (Å²) in [4.78, 5) is 64.8. The van der Waals surface area contributed by atoms with Gasteiger partial charge in [-0.05, 0) is 75.8 Å². The Balaban J connectivity index is 0.971. The third kappa shape index (κ3) is 11.1. The SMILES string of the molecule is COc1cc2c(cc1OCc1cc(N)cc(COc3cc4c(cc3OC)C(=O)N3Cc5ccccc5C[C@H]3C(=O)N4COCC[Si](C)(C)C)c1)N(COCC[Si](C)(C)C)C(=O)C1Cc3ccccc3CN1C2=O. The van der Waals surface area contributed by atoms with Crippen molar-refractivity contribution in [2.45, 2.75) is 103 Å². The molecule has 2 N–H and O–H groups in total. The molecule has 4 heterocycles. The molecule has 1 unspecified atom stereocenters. The van der Waals surface area contributed by atoms with Crippen molar-refractivity contribution in [3.63, 3.8) is 0 Å². The lowest BCUT2D eigenvalue weighted by atomic mass is 9.93. The molecule has 17 heteroatoms. The third-order valence-corrected chi connectivity index (χ3v) is 17.4. The van der Waals surface area contributed by atoms with Crippen molar-refractivity contribution in [3.05, 3.63) is 136 Å². The lowest BCUT2D eigenvalue weighted by Crippen LogP contribution is -2.51. The van der Waals surface area contributed by atoms with E-state index in [0.717, 1.165) is 34.3 Å². The summed E-state index contributed by atoms with van der Waals surface area (Å²) in [7, 11) is 0.155. The van der Waals surface area contributed by atoms with E-state index in [9.17, 15) is 19.2 Å². The second-order valence-electron chi connectivity index (χ2n) is 21.8. The smallest absolute Gasteiger partial charge is 0.257 e. The Labute approximate surface area is 430 Å². The Morgan fingerprint density at radius 3 is 1.32 bits per heavy atom. The van der Waals surface area contributed by atoms with Crippen LogP contribution in [0.2, 0.25) is 51.4 Å². The fraction of sp³-hybridized carbons (Fsp3) is 0.393. The predicted molar refractivity (Wildman–Crippen MR) is 286 cm³/mol. The number of fused-ring (bicyclic) bond motifs is 6. The number of carbonyl (C=O) groups is 4. The van der Waals surface area contributed by atoms with Crippen LogP contribution in [0.3, 0.4) is 0 Å². The van der Waals surface area contributed by atoms with Crippen LogP contribution < -0.4 is 34.5 Å². The monoisotopic (exact) mass is 1030 g/mol. The number of amides is 4. The van der Waals surface area contributed by atoms with E-state index in [0.29, 0.717) is 101 Å². The minimum absolute atomic E-state index is 0.0279. The van der Waals surface area contributed by atoms with Gasteiger partial charge in [0.05, 0.1) is 36.7 Å². The minimum atomic E-state index is -1.44. The average molecular weight is 1030 g/mol.